The highest BCUT2D eigenvalue weighted by molar-refractivity contribution is 4.83. The lowest BCUT2D eigenvalue weighted by Crippen LogP contribution is -2.34. The van der Waals surface area contributed by atoms with E-state index in [0.29, 0.717) is 5.41 Å². The molecule has 94 valence electrons. The molecule has 0 saturated heterocycles. The van der Waals surface area contributed by atoms with Crippen molar-refractivity contribution in [1.82, 2.24) is 5.32 Å². The summed E-state index contributed by atoms with van der Waals surface area (Å²) in [6, 6.07) is 0. The van der Waals surface area contributed by atoms with Crippen molar-refractivity contribution in [2.24, 2.45) is 17.3 Å². The Balaban J connectivity index is 1.61. The van der Waals surface area contributed by atoms with Crippen LogP contribution in [-0.2, 0) is 0 Å². The Morgan fingerprint density at radius 2 is 1.69 bits per heavy atom. The molecule has 2 aliphatic carbocycles. The normalized spacial score (nSPS) is 34.1. The first kappa shape index (κ1) is 12.4. The Labute approximate surface area is 101 Å². The van der Waals surface area contributed by atoms with Crippen LogP contribution in [-0.4, -0.2) is 13.1 Å². The van der Waals surface area contributed by atoms with E-state index >= 15 is 0 Å². The SMILES string of the molecule is CC1CCC(CNCC2(C)CCCC2)CC1. The quantitative estimate of drug-likeness (QED) is 0.760. The molecule has 0 aromatic rings. The summed E-state index contributed by atoms with van der Waals surface area (Å²) in [7, 11) is 0. The maximum atomic E-state index is 3.75. The molecule has 1 heteroatoms. The average Bonchev–Trinajstić information content (AvgIpc) is 2.69. The third-order valence-corrected chi connectivity index (χ3v) is 4.93. The molecule has 2 fully saturated rings. The lowest BCUT2D eigenvalue weighted by Gasteiger charge is -2.29. The second-order valence-electron chi connectivity index (χ2n) is 6.77. The fourth-order valence-electron chi connectivity index (χ4n) is 3.52. The molecule has 0 radical (unpaired) electrons. The van der Waals surface area contributed by atoms with Gasteiger partial charge in [-0.2, -0.15) is 0 Å². The Morgan fingerprint density at radius 3 is 2.31 bits per heavy atom. The van der Waals surface area contributed by atoms with Crippen LogP contribution in [0, 0.1) is 17.3 Å². The van der Waals surface area contributed by atoms with Gasteiger partial charge in [0.1, 0.15) is 0 Å². The third-order valence-electron chi connectivity index (χ3n) is 4.93. The average molecular weight is 223 g/mol. The van der Waals surface area contributed by atoms with Gasteiger partial charge in [0.05, 0.1) is 0 Å². The van der Waals surface area contributed by atoms with E-state index in [1.54, 1.807) is 0 Å². The second kappa shape index (κ2) is 5.53. The van der Waals surface area contributed by atoms with Gasteiger partial charge in [0.15, 0.2) is 0 Å². The number of hydrogen-bond acceptors (Lipinski definition) is 1. The molecule has 1 N–H and O–H groups in total. The standard InChI is InChI=1S/C15H29N/c1-13-5-7-14(8-6-13)11-16-12-15(2)9-3-4-10-15/h13-14,16H,3-12H2,1-2H3. The molecule has 0 amide bonds. The molecule has 0 atom stereocenters. The molecule has 0 unspecified atom stereocenters. The predicted molar refractivity (Wildman–Crippen MR) is 70.6 cm³/mol. The minimum absolute atomic E-state index is 0.627. The van der Waals surface area contributed by atoms with E-state index in [9.17, 15) is 0 Å². The highest BCUT2D eigenvalue weighted by Crippen LogP contribution is 2.36. The topological polar surface area (TPSA) is 12.0 Å². The lowest BCUT2D eigenvalue weighted by molar-refractivity contribution is 0.257. The summed E-state index contributed by atoms with van der Waals surface area (Å²) in [5.74, 6) is 1.96. The number of rotatable bonds is 4. The van der Waals surface area contributed by atoms with E-state index in [1.165, 1.54) is 64.5 Å². The minimum Gasteiger partial charge on any atom is -0.316 e. The molecule has 1 nitrogen and oxygen atoms in total. The summed E-state index contributed by atoms with van der Waals surface area (Å²) >= 11 is 0. The van der Waals surface area contributed by atoms with E-state index in [1.807, 2.05) is 0 Å². The van der Waals surface area contributed by atoms with Crippen molar-refractivity contribution in [1.29, 1.82) is 0 Å². The van der Waals surface area contributed by atoms with Gasteiger partial charge >= 0.3 is 0 Å². The molecule has 0 heterocycles. The fourth-order valence-corrected chi connectivity index (χ4v) is 3.52. The maximum absolute atomic E-state index is 3.75. The second-order valence-corrected chi connectivity index (χ2v) is 6.77. The molecule has 2 saturated carbocycles. The molecule has 2 rings (SSSR count). The third kappa shape index (κ3) is 3.48. The van der Waals surface area contributed by atoms with Crippen LogP contribution < -0.4 is 5.32 Å². The lowest BCUT2D eigenvalue weighted by atomic mass is 9.82. The zero-order valence-corrected chi connectivity index (χ0v) is 11.2. The first-order valence-electron chi connectivity index (χ1n) is 7.39. The zero-order valence-electron chi connectivity index (χ0n) is 11.2. The van der Waals surface area contributed by atoms with E-state index in [0.717, 1.165) is 11.8 Å². The van der Waals surface area contributed by atoms with Crippen molar-refractivity contribution >= 4 is 0 Å². The molecule has 0 aromatic heterocycles. The van der Waals surface area contributed by atoms with Crippen LogP contribution in [0.25, 0.3) is 0 Å². The van der Waals surface area contributed by atoms with Crippen LogP contribution in [0.1, 0.15) is 65.2 Å². The zero-order chi connectivity index (χ0) is 11.4. The van der Waals surface area contributed by atoms with Crippen LogP contribution in [0.2, 0.25) is 0 Å². The van der Waals surface area contributed by atoms with Crippen LogP contribution >= 0.6 is 0 Å². The smallest absolute Gasteiger partial charge is 0.000527 e. The fraction of sp³-hybridized carbons (Fsp3) is 1.00. The van der Waals surface area contributed by atoms with Gasteiger partial charge in [-0.15, -0.1) is 0 Å². The van der Waals surface area contributed by atoms with E-state index < -0.39 is 0 Å². The van der Waals surface area contributed by atoms with Crippen molar-refractivity contribution in [2.45, 2.75) is 65.2 Å². The van der Waals surface area contributed by atoms with Crippen LogP contribution in [0.5, 0.6) is 0 Å². The predicted octanol–water partition coefficient (Wildman–Crippen LogP) is 3.98. The highest BCUT2D eigenvalue weighted by Gasteiger charge is 2.28. The molecule has 0 spiro atoms. The molecular weight excluding hydrogens is 194 g/mol. The van der Waals surface area contributed by atoms with Crippen LogP contribution in [0.15, 0.2) is 0 Å². The van der Waals surface area contributed by atoms with Crippen molar-refractivity contribution in [3.8, 4) is 0 Å². The molecule has 2 aliphatic rings. The van der Waals surface area contributed by atoms with E-state index in [-0.39, 0.29) is 0 Å². The molecule has 0 aromatic carbocycles. The van der Waals surface area contributed by atoms with Gasteiger partial charge in [0.2, 0.25) is 0 Å². The first-order chi connectivity index (χ1) is 7.68. The minimum atomic E-state index is 0.627. The number of nitrogens with one attached hydrogen (secondary N) is 1. The van der Waals surface area contributed by atoms with Crippen molar-refractivity contribution in [3.63, 3.8) is 0 Å². The van der Waals surface area contributed by atoms with Gasteiger partial charge in [0.25, 0.3) is 0 Å². The Morgan fingerprint density at radius 1 is 1.06 bits per heavy atom. The first-order valence-corrected chi connectivity index (χ1v) is 7.39. The Hall–Kier alpha value is -0.0400. The largest absolute Gasteiger partial charge is 0.316 e. The summed E-state index contributed by atoms with van der Waals surface area (Å²) in [5.41, 5.74) is 0.627. The molecule has 0 bridgehead atoms. The van der Waals surface area contributed by atoms with E-state index in [4.69, 9.17) is 0 Å². The van der Waals surface area contributed by atoms with Crippen molar-refractivity contribution in [2.75, 3.05) is 13.1 Å². The van der Waals surface area contributed by atoms with Crippen molar-refractivity contribution in [3.05, 3.63) is 0 Å². The summed E-state index contributed by atoms with van der Waals surface area (Å²) in [6.07, 6.45) is 11.7. The van der Waals surface area contributed by atoms with Crippen molar-refractivity contribution < 1.29 is 0 Å². The van der Waals surface area contributed by atoms with Gasteiger partial charge in [-0.1, -0.05) is 39.5 Å². The summed E-state index contributed by atoms with van der Waals surface area (Å²) in [4.78, 5) is 0. The molecule has 0 aliphatic heterocycles. The monoisotopic (exact) mass is 223 g/mol. The van der Waals surface area contributed by atoms with Gasteiger partial charge < -0.3 is 5.32 Å². The van der Waals surface area contributed by atoms with E-state index in [2.05, 4.69) is 19.2 Å². The number of hydrogen-bond donors (Lipinski definition) is 1. The Bertz CT molecular complexity index is 197. The highest BCUT2D eigenvalue weighted by atomic mass is 14.9. The van der Waals surface area contributed by atoms with Gasteiger partial charge in [-0.3, -0.25) is 0 Å². The van der Waals surface area contributed by atoms with Gasteiger partial charge in [-0.25, -0.2) is 0 Å². The van der Waals surface area contributed by atoms with Crippen LogP contribution in [0.3, 0.4) is 0 Å². The summed E-state index contributed by atoms with van der Waals surface area (Å²) in [5, 5.41) is 3.75. The summed E-state index contributed by atoms with van der Waals surface area (Å²) < 4.78 is 0. The van der Waals surface area contributed by atoms with Gasteiger partial charge in [-0.05, 0) is 49.5 Å². The maximum Gasteiger partial charge on any atom is 0.000527 e. The molecular formula is C15H29N. The summed E-state index contributed by atoms with van der Waals surface area (Å²) in [6.45, 7) is 7.42. The molecule has 16 heavy (non-hydrogen) atoms. The van der Waals surface area contributed by atoms with Gasteiger partial charge in [0, 0.05) is 6.54 Å². The van der Waals surface area contributed by atoms with Crippen LogP contribution in [0.4, 0.5) is 0 Å². The Kier molecular flexibility index (Phi) is 4.29.